The Morgan fingerprint density at radius 3 is 2.43 bits per heavy atom. The second-order valence-corrected chi connectivity index (χ2v) is 5.77. The Hall–Kier alpha value is -1.75. The number of benzene rings is 2. The predicted octanol–water partition coefficient (Wildman–Crippen LogP) is 4.69. The van der Waals surface area contributed by atoms with Crippen molar-refractivity contribution in [2.24, 2.45) is 0 Å². The summed E-state index contributed by atoms with van der Waals surface area (Å²) in [5.41, 5.74) is 6.63. The zero-order chi connectivity index (χ0) is 15.6. The van der Waals surface area contributed by atoms with E-state index in [-0.39, 0.29) is 16.8 Å². The third-order valence-corrected chi connectivity index (χ3v) is 3.93. The maximum absolute atomic E-state index is 13.9. The Kier molecular flexibility index (Phi) is 4.73. The molecule has 5 heteroatoms. The van der Waals surface area contributed by atoms with Crippen LogP contribution in [-0.2, 0) is 0 Å². The summed E-state index contributed by atoms with van der Waals surface area (Å²) in [5, 5.41) is 0. The fourth-order valence-electron chi connectivity index (χ4n) is 2.11. The second-order valence-electron chi connectivity index (χ2n) is 4.91. The first kappa shape index (κ1) is 15.6. The van der Waals surface area contributed by atoms with Crippen molar-refractivity contribution in [2.45, 2.75) is 19.3 Å². The lowest BCUT2D eigenvalue weighted by molar-refractivity contribution is 0.0967. The van der Waals surface area contributed by atoms with Gasteiger partial charge in [-0.25, -0.2) is 8.78 Å². The number of hydrogen-bond acceptors (Lipinski definition) is 2. The number of hydrogen-bond donors (Lipinski definition) is 1. The molecule has 2 aromatic carbocycles. The molecule has 1 unspecified atom stereocenters. The molecule has 0 aliphatic heterocycles. The van der Waals surface area contributed by atoms with Crippen LogP contribution >= 0.6 is 15.9 Å². The van der Waals surface area contributed by atoms with Gasteiger partial charge in [0.2, 0.25) is 0 Å². The molecule has 1 atom stereocenters. The molecule has 0 aromatic heterocycles. The van der Waals surface area contributed by atoms with Gasteiger partial charge in [0.1, 0.15) is 5.82 Å². The fraction of sp³-hybridized carbons (Fsp3) is 0.188. The maximum Gasteiger partial charge on any atom is 0.169 e. The average molecular weight is 354 g/mol. The van der Waals surface area contributed by atoms with Crippen molar-refractivity contribution in [1.82, 2.24) is 0 Å². The molecular formula is C16H14BrF2NO. The van der Waals surface area contributed by atoms with Crippen LogP contribution in [0.2, 0.25) is 0 Å². The minimum absolute atomic E-state index is 0.0220. The molecule has 0 aliphatic rings. The van der Waals surface area contributed by atoms with Gasteiger partial charge in [0.25, 0.3) is 0 Å². The first-order valence-electron chi connectivity index (χ1n) is 6.42. The molecular weight excluding hydrogens is 340 g/mol. The molecule has 0 saturated carbocycles. The molecule has 0 amide bonds. The Labute approximate surface area is 130 Å². The molecule has 0 aliphatic carbocycles. The molecule has 0 radical (unpaired) electrons. The van der Waals surface area contributed by atoms with E-state index in [2.05, 4.69) is 15.9 Å². The first-order valence-corrected chi connectivity index (χ1v) is 7.21. The summed E-state index contributed by atoms with van der Waals surface area (Å²) >= 11 is 2.96. The minimum Gasteiger partial charge on any atom is -0.399 e. The van der Waals surface area contributed by atoms with Gasteiger partial charge in [-0.2, -0.15) is 0 Å². The number of rotatable bonds is 4. The van der Waals surface area contributed by atoms with Gasteiger partial charge < -0.3 is 5.73 Å². The summed E-state index contributed by atoms with van der Waals surface area (Å²) in [6.45, 7) is 1.83. The quantitative estimate of drug-likeness (QED) is 0.492. The summed E-state index contributed by atoms with van der Waals surface area (Å²) < 4.78 is 27.7. The van der Waals surface area contributed by atoms with E-state index >= 15 is 0 Å². The highest BCUT2D eigenvalue weighted by Crippen LogP contribution is 2.27. The van der Waals surface area contributed by atoms with E-state index in [1.165, 1.54) is 6.07 Å². The highest BCUT2D eigenvalue weighted by molar-refractivity contribution is 9.10. The standard InChI is InChI=1S/C16H14BrF2NO/c1-9(10-2-4-11(20)5-3-10)8-14(21)15-13(18)7-6-12(17)16(15)19/h2-7,9H,8,20H2,1H3. The lowest BCUT2D eigenvalue weighted by atomic mass is 9.93. The Morgan fingerprint density at radius 2 is 1.81 bits per heavy atom. The van der Waals surface area contributed by atoms with Gasteiger partial charge in [0.15, 0.2) is 11.6 Å². The molecule has 0 bridgehead atoms. The minimum atomic E-state index is -0.857. The van der Waals surface area contributed by atoms with Gasteiger partial charge in [0.05, 0.1) is 10.0 Å². The Balaban J connectivity index is 2.22. The van der Waals surface area contributed by atoms with Crippen molar-refractivity contribution in [3.63, 3.8) is 0 Å². The maximum atomic E-state index is 13.9. The molecule has 110 valence electrons. The smallest absolute Gasteiger partial charge is 0.169 e. The summed E-state index contributed by atoms with van der Waals surface area (Å²) in [7, 11) is 0. The number of anilines is 1. The van der Waals surface area contributed by atoms with Gasteiger partial charge in [0, 0.05) is 12.1 Å². The van der Waals surface area contributed by atoms with Crippen LogP contribution in [0.5, 0.6) is 0 Å². The zero-order valence-electron chi connectivity index (χ0n) is 11.4. The number of carbonyl (C=O) groups excluding carboxylic acids is 1. The molecule has 0 spiro atoms. The van der Waals surface area contributed by atoms with Crippen LogP contribution in [0.3, 0.4) is 0 Å². The topological polar surface area (TPSA) is 43.1 Å². The molecule has 21 heavy (non-hydrogen) atoms. The van der Waals surface area contributed by atoms with Gasteiger partial charge in [-0.05, 0) is 51.7 Å². The second kappa shape index (κ2) is 6.35. The zero-order valence-corrected chi connectivity index (χ0v) is 13.0. The number of nitrogens with two attached hydrogens (primary N) is 1. The average Bonchev–Trinajstić information content (AvgIpc) is 2.44. The number of carbonyl (C=O) groups is 1. The van der Waals surface area contributed by atoms with Crippen LogP contribution in [-0.4, -0.2) is 5.78 Å². The molecule has 2 rings (SSSR count). The summed E-state index contributed by atoms with van der Waals surface area (Å²) in [6.07, 6.45) is 0.0220. The molecule has 0 heterocycles. The molecule has 0 saturated heterocycles. The van der Waals surface area contributed by atoms with E-state index < -0.39 is 23.0 Å². The van der Waals surface area contributed by atoms with Crippen LogP contribution in [0.15, 0.2) is 40.9 Å². The van der Waals surface area contributed by atoms with Crippen molar-refractivity contribution >= 4 is 27.4 Å². The number of halogens is 3. The van der Waals surface area contributed by atoms with Crippen LogP contribution in [0, 0.1) is 11.6 Å². The highest BCUT2D eigenvalue weighted by Gasteiger charge is 2.21. The molecule has 2 nitrogen and oxygen atoms in total. The van der Waals surface area contributed by atoms with E-state index in [4.69, 9.17) is 5.73 Å². The lowest BCUT2D eigenvalue weighted by Gasteiger charge is -2.12. The normalized spacial score (nSPS) is 12.2. The summed E-state index contributed by atoms with van der Waals surface area (Å²) in [5.74, 6) is -2.42. The molecule has 2 N–H and O–H groups in total. The number of ketones is 1. The van der Waals surface area contributed by atoms with Gasteiger partial charge in [-0.1, -0.05) is 19.1 Å². The van der Waals surface area contributed by atoms with Crippen molar-refractivity contribution in [3.05, 3.63) is 63.6 Å². The lowest BCUT2D eigenvalue weighted by Crippen LogP contribution is -2.10. The number of nitrogen functional groups attached to an aromatic ring is 1. The predicted molar refractivity (Wildman–Crippen MR) is 82.3 cm³/mol. The first-order chi connectivity index (χ1) is 9.90. The number of Topliss-reactive ketones (excluding diaryl/α,β-unsaturated/α-hetero) is 1. The highest BCUT2D eigenvalue weighted by atomic mass is 79.9. The SMILES string of the molecule is CC(CC(=O)c1c(F)ccc(Br)c1F)c1ccc(N)cc1. The van der Waals surface area contributed by atoms with Crippen molar-refractivity contribution < 1.29 is 13.6 Å². The van der Waals surface area contributed by atoms with E-state index in [1.807, 2.05) is 6.92 Å². The summed E-state index contributed by atoms with van der Waals surface area (Å²) in [6, 6.07) is 9.40. The fourth-order valence-corrected chi connectivity index (χ4v) is 2.44. The third kappa shape index (κ3) is 3.47. The van der Waals surface area contributed by atoms with Crippen LogP contribution in [0.1, 0.15) is 35.2 Å². The Bertz CT molecular complexity index is 671. The Morgan fingerprint density at radius 1 is 1.19 bits per heavy atom. The van der Waals surface area contributed by atoms with Crippen LogP contribution < -0.4 is 5.73 Å². The van der Waals surface area contributed by atoms with E-state index in [0.29, 0.717) is 5.69 Å². The van der Waals surface area contributed by atoms with Crippen molar-refractivity contribution in [3.8, 4) is 0 Å². The van der Waals surface area contributed by atoms with Crippen molar-refractivity contribution in [1.29, 1.82) is 0 Å². The van der Waals surface area contributed by atoms with Gasteiger partial charge in [-0.3, -0.25) is 4.79 Å². The molecule has 2 aromatic rings. The summed E-state index contributed by atoms with van der Waals surface area (Å²) in [4.78, 5) is 12.2. The van der Waals surface area contributed by atoms with E-state index in [0.717, 1.165) is 11.6 Å². The van der Waals surface area contributed by atoms with E-state index in [9.17, 15) is 13.6 Å². The van der Waals surface area contributed by atoms with Gasteiger partial charge in [-0.15, -0.1) is 0 Å². The van der Waals surface area contributed by atoms with Crippen LogP contribution in [0.4, 0.5) is 14.5 Å². The largest absolute Gasteiger partial charge is 0.399 e. The van der Waals surface area contributed by atoms with E-state index in [1.54, 1.807) is 24.3 Å². The van der Waals surface area contributed by atoms with Crippen molar-refractivity contribution in [2.75, 3.05) is 5.73 Å². The molecule has 0 fully saturated rings. The van der Waals surface area contributed by atoms with Gasteiger partial charge >= 0.3 is 0 Å². The third-order valence-electron chi connectivity index (χ3n) is 3.32. The monoisotopic (exact) mass is 353 g/mol. The van der Waals surface area contributed by atoms with Crippen LogP contribution in [0.25, 0.3) is 0 Å².